The Labute approximate surface area is 61.4 Å². The topological polar surface area (TPSA) is 47.0 Å². The minimum absolute atomic E-state index is 0.157. The van der Waals surface area contributed by atoms with Crippen molar-refractivity contribution in [2.75, 3.05) is 6.01 Å². The molecule has 0 N–H and O–H groups in total. The Morgan fingerprint density at radius 3 is 2.80 bits per heavy atom. The van der Waals surface area contributed by atoms with E-state index in [1.807, 2.05) is 0 Å². The Bertz CT molecular complexity index is 291. The molecule has 0 spiro atoms. The molecule has 0 bridgehead atoms. The second kappa shape index (κ2) is 2.63. The summed E-state index contributed by atoms with van der Waals surface area (Å²) in [5, 5.41) is 1.49. The molecule has 0 aliphatic rings. The summed E-state index contributed by atoms with van der Waals surface area (Å²) < 4.78 is 32.8. The van der Waals surface area contributed by atoms with Gasteiger partial charge in [0.05, 0.1) is 0 Å². The maximum Gasteiger partial charge on any atom is 0.234 e. The number of hydrogen-bond donors (Lipinski definition) is 0. The number of nitrogens with zero attached hydrogens (tertiary/aromatic N) is 1. The highest BCUT2D eigenvalue weighted by molar-refractivity contribution is 7.93. The first-order valence-electron chi connectivity index (χ1n) is 2.35. The Morgan fingerprint density at radius 2 is 2.40 bits per heavy atom. The van der Waals surface area contributed by atoms with Gasteiger partial charge in [-0.1, -0.05) is 0 Å². The summed E-state index contributed by atoms with van der Waals surface area (Å²) in [7, 11) is -3.71. The van der Waals surface area contributed by atoms with Gasteiger partial charge in [-0.2, -0.15) is 0 Å². The maximum atomic E-state index is 11.7. The molecule has 0 unspecified atom stereocenters. The monoisotopic (exact) mass is 181 g/mol. The molecule has 6 heteroatoms. The van der Waals surface area contributed by atoms with Crippen LogP contribution < -0.4 is 0 Å². The van der Waals surface area contributed by atoms with Crippen LogP contribution in [0.4, 0.5) is 4.39 Å². The third-order valence-corrected chi connectivity index (χ3v) is 3.36. The Hall–Kier alpha value is -0.490. The first-order chi connectivity index (χ1) is 4.67. The highest BCUT2D eigenvalue weighted by Gasteiger charge is 2.15. The van der Waals surface area contributed by atoms with E-state index >= 15 is 0 Å². The van der Waals surface area contributed by atoms with Gasteiger partial charge in [-0.25, -0.2) is 17.8 Å². The fourth-order valence-corrected chi connectivity index (χ4v) is 1.97. The largest absolute Gasteiger partial charge is 0.234 e. The average molecular weight is 181 g/mol. The van der Waals surface area contributed by atoms with Crippen molar-refractivity contribution >= 4 is 21.2 Å². The van der Waals surface area contributed by atoms with Gasteiger partial charge in [0.2, 0.25) is 14.2 Å². The Morgan fingerprint density at radius 1 is 1.70 bits per heavy atom. The zero-order chi connectivity index (χ0) is 7.61. The summed E-state index contributed by atoms with van der Waals surface area (Å²) in [4.78, 5) is 3.45. The van der Waals surface area contributed by atoms with Crippen LogP contribution in [0.3, 0.4) is 0 Å². The van der Waals surface area contributed by atoms with Crippen LogP contribution in [-0.2, 0) is 9.84 Å². The minimum Gasteiger partial charge on any atom is -0.234 e. The number of hydrogen-bond acceptors (Lipinski definition) is 4. The van der Waals surface area contributed by atoms with Crippen LogP contribution in [-0.4, -0.2) is 19.4 Å². The maximum absolute atomic E-state index is 11.7. The molecule has 0 radical (unpaired) electrons. The summed E-state index contributed by atoms with van der Waals surface area (Å²) in [5.41, 5.74) is 0. The molecule has 1 rings (SSSR count). The van der Waals surface area contributed by atoms with E-state index in [1.165, 1.54) is 11.6 Å². The minimum atomic E-state index is -3.71. The molecular weight excluding hydrogens is 177 g/mol. The molecule has 0 aromatic carbocycles. The van der Waals surface area contributed by atoms with Crippen LogP contribution in [0.5, 0.6) is 0 Å². The average Bonchev–Trinajstić information content (AvgIpc) is 2.38. The van der Waals surface area contributed by atoms with Gasteiger partial charge < -0.3 is 0 Å². The van der Waals surface area contributed by atoms with Gasteiger partial charge in [0.25, 0.3) is 0 Å². The number of sulfone groups is 1. The van der Waals surface area contributed by atoms with Crippen LogP contribution in [0.15, 0.2) is 15.9 Å². The van der Waals surface area contributed by atoms with Crippen LogP contribution in [0, 0.1) is 0 Å². The molecule has 0 fully saturated rings. The van der Waals surface area contributed by atoms with Gasteiger partial charge >= 0.3 is 0 Å². The number of thiazole rings is 1. The lowest BCUT2D eigenvalue weighted by molar-refractivity contribution is 0.534. The van der Waals surface area contributed by atoms with Crippen molar-refractivity contribution in [1.29, 1.82) is 0 Å². The molecule has 3 nitrogen and oxygen atoms in total. The van der Waals surface area contributed by atoms with Crippen molar-refractivity contribution in [2.45, 2.75) is 4.34 Å². The van der Waals surface area contributed by atoms with Crippen LogP contribution in [0.25, 0.3) is 0 Å². The Balaban J connectivity index is 3.09. The first kappa shape index (κ1) is 7.62. The van der Waals surface area contributed by atoms with Crippen molar-refractivity contribution in [3.05, 3.63) is 11.6 Å². The van der Waals surface area contributed by atoms with E-state index in [1.54, 1.807) is 0 Å². The standard InChI is InChI=1S/C4H4FNO2S2/c5-3-10(7,8)4-6-1-2-9-4/h1-2H,3H2. The third kappa shape index (κ3) is 1.32. The van der Waals surface area contributed by atoms with Crippen molar-refractivity contribution in [2.24, 2.45) is 0 Å². The van der Waals surface area contributed by atoms with Gasteiger partial charge in [-0.3, -0.25) is 0 Å². The SMILES string of the molecule is O=S(=O)(CF)c1nccs1. The van der Waals surface area contributed by atoms with E-state index in [9.17, 15) is 12.8 Å². The van der Waals surface area contributed by atoms with Crippen molar-refractivity contribution < 1.29 is 12.8 Å². The smallest absolute Gasteiger partial charge is 0.234 e. The lowest BCUT2D eigenvalue weighted by Crippen LogP contribution is -2.01. The van der Waals surface area contributed by atoms with Crippen molar-refractivity contribution in [3.63, 3.8) is 0 Å². The molecule has 10 heavy (non-hydrogen) atoms. The molecule has 0 saturated carbocycles. The van der Waals surface area contributed by atoms with E-state index in [0.717, 1.165) is 11.3 Å². The predicted molar refractivity (Wildman–Crippen MR) is 35.3 cm³/mol. The molecule has 0 aliphatic heterocycles. The van der Waals surface area contributed by atoms with Gasteiger partial charge in [0, 0.05) is 11.6 Å². The zero-order valence-corrected chi connectivity index (χ0v) is 6.45. The summed E-state index contributed by atoms with van der Waals surface area (Å²) >= 11 is 0.915. The fraction of sp³-hybridized carbons (Fsp3) is 0.250. The Kier molecular flexibility index (Phi) is 2.00. The number of alkyl halides is 1. The third-order valence-electron chi connectivity index (χ3n) is 0.819. The zero-order valence-electron chi connectivity index (χ0n) is 4.82. The molecule has 0 aliphatic carbocycles. The summed E-state index contributed by atoms with van der Waals surface area (Å²) in [6, 6.07) is -1.37. The molecule has 56 valence electrons. The van der Waals surface area contributed by atoms with Gasteiger partial charge in [-0.15, -0.1) is 11.3 Å². The van der Waals surface area contributed by atoms with Crippen molar-refractivity contribution in [3.8, 4) is 0 Å². The van der Waals surface area contributed by atoms with Crippen molar-refractivity contribution in [1.82, 2.24) is 4.98 Å². The second-order valence-electron chi connectivity index (χ2n) is 1.52. The summed E-state index contributed by atoms with van der Waals surface area (Å²) in [6.07, 6.45) is 1.33. The number of aromatic nitrogens is 1. The highest BCUT2D eigenvalue weighted by Crippen LogP contribution is 2.13. The van der Waals surface area contributed by atoms with Crippen LogP contribution in [0.1, 0.15) is 0 Å². The first-order valence-corrected chi connectivity index (χ1v) is 4.88. The van der Waals surface area contributed by atoms with E-state index in [-0.39, 0.29) is 4.34 Å². The molecule has 0 amide bonds. The molecular formula is C4H4FNO2S2. The number of halogens is 1. The second-order valence-corrected chi connectivity index (χ2v) is 4.51. The van der Waals surface area contributed by atoms with E-state index in [2.05, 4.69) is 4.98 Å². The molecule has 1 aromatic heterocycles. The summed E-state index contributed by atoms with van der Waals surface area (Å²) in [5.74, 6) is 0. The predicted octanol–water partition coefficient (Wildman–Crippen LogP) is 0.844. The van der Waals surface area contributed by atoms with Gasteiger partial charge in [0.1, 0.15) is 0 Å². The fourth-order valence-electron chi connectivity index (χ4n) is 0.411. The van der Waals surface area contributed by atoms with E-state index in [0.29, 0.717) is 0 Å². The summed E-state index contributed by atoms with van der Waals surface area (Å²) in [6.45, 7) is 0. The van der Waals surface area contributed by atoms with Gasteiger partial charge in [0.15, 0.2) is 6.01 Å². The quantitative estimate of drug-likeness (QED) is 0.679. The molecule has 0 atom stereocenters. The van der Waals surface area contributed by atoms with Gasteiger partial charge in [-0.05, 0) is 0 Å². The lowest BCUT2D eigenvalue weighted by atomic mass is 11.0. The van der Waals surface area contributed by atoms with E-state index < -0.39 is 15.8 Å². The normalized spacial score (nSPS) is 11.7. The molecule has 1 heterocycles. The number of rotatable bonds is 2. The van der Waals surface area contributed by atoms with E-state index in [4.69, 9.17) is 0 Å². The van der Waals surface area contributed by atoms with Crippen LogP contribution in [0.2, 0.25) is 0 Å². The van der Waals surface area contributed by atoms with Crippen LogP contribution >= 0.6 is 11.3 Å². The molecule has 0 saturated heterocycles. The molecule has 1 aromatic rings. The lowest BCUT2D eigenvalue weighted by Gasteiger charge is -1.88. The highest BCUT2D eigenvalue weighted by atomic mass is 32.2.